The molecule has 0 aliphatic rings. The number of rotatable bonds is 4. The first kappa shape index (κ1) is 15.1. The number of nitrogens with one attached hydrogen (secondary N) is 1. The Labute approximate surface area is 125 Å². The number of nitrogens with two attached hydrogens (primary N) is 1. The van der Waals surface area contributed by atoms with Gasteiger partial charge < -0.3 is 11.1 Å². The van der Waals surface area contributed by atoms with Crippen LogP contribution in [0.4, 0.5) is 11.4 Å². The zero-order valence-corrected chi connectivity index (χ0v) is 12.3. The van der Waals surface area contributed by atoms with Gasteiger partial charge in [0.2, 0.25) is 0 Å². The summed E-state index contributed by atoms with van der Waals surface area (Å²) in [5.74, 6) is -0.420. The maximum atomic E-state index is 12.0. The van der Waals surface area contributed by atoms with Gasteiger partial charge in [0.05, 0.1) is 11.0 Å². The highest BCUT2D eigenvalue weighted by Gasteiger charge is 2.15. The fraction of sp³-hybridized carbons (Fsp3) is 0.231. The molecule has 0 fully saturated rings. The number of anilines is 1. The second kappa shape index (κ2) is 5.98. The lowest BCUT2D eigenvalue weighted by molar-refractivity contribution is -0.385. The van der Waals surface area contributed by atoms with Gasteiger partial charge in [-0.15, -0.1) is 11.3 Å². The van der Waals surface area contributed by atoms with E-state index >= 15 is 0 Å². The van der Waals surface area contributed by atoms with Crippen molar-refractivity contribution >= 4 is 28.6 Å². The van der Waals surface area contributed by atoms with Gasteiger partial charge in [0.1, 0.15) is 10.7 Å². The molecule has 0 aliphatic heterocycles. The molecule has 1 atom stereocenters. The number of thiazole rings is 1. The van der Waals surface area contributed by atoms with Crippen LogP contribution < -0.4 is 11.1 Å². The second-order valence-electron chi connectivity index (χ2n) is 4.57. The van der Waals surface area contributed by atoms with Crippen LogP contribution in [0.2, 0.25) is 0 Å². The van der Waals surface area contributed by atoms with Crippen LogP contribution in [0.15, 0.2) is 23.6 Å². The van der Waals surface area contributed by atoms with E-state index in [2.05, 4.69) is 10.3 Å². The predicted molar refractivity (Wildman–Crippen MR) is 80.5 cm³/mol. The Bertz CT molecular complexity index is 696. The van der Waals surface area contributed by atoms with Crippen LogP contribution in [0.5, 0.6) is 0 Å². The Morgan fingerprint density at radius 2 is 2.24 bits per heavy atom. The molecule has 0 bridgehead atoms. The highest BCUT2D eigenvalue weighted by molar-refractivity contribution is 7.09. The number of hydrogen-bond acceptors (Lipinski definition) is 6. The minimum atomic E-state index is -0.484. The molecule has 1 amide bonds. The Balaban J connectivity index is 2.19. The molecule has 0 radical (unpaired) electrons. The summed E-state index contributed by atoms with van der Waals surface area (Å²) < 4.78 is 0. The first-order valence-corrected chi connectivity index (χ1v) is 7.04. The van der Waals surface area contributed by atoms with E-state index in [0.717, 1.165) is 0 Å². The summed E-state index contributed by atoms with van der Waals surface area (Å²) >= 11 is 1.30. The van der Waals surface area contributed by atoms with E-state index in [9.17, 15) is 14.9 Å². The number of hydrogen-bond donors (Lipinski definition) is 2. The average molecular weight is 306 g/mol. The van der Waals surface area contributed by atoms with Crippen molar-refractivity contribution in [1.29, 1.82) is 0 Å². The Hall–Kier alpha value is -2.32. The Kier molecular flexibility index (Phi) is 4.29. The van der Waals surface area contributed by atoms with Gasteiger partial charge in [0.25, 0.3) is 11.6 Å². The van der Waals surface area contributed by atoms with Crippen LogP contribution in [0.3, 0.4) is 0 Å². The zero-order chi connectivity index (χ0) is 15.6. The van der Waals surface area contributed by atoms with Gasteiger partial charge in [-0.2, -0.15) is 0 Å². The van der Waals surface area contributed by atoms with Crippen molar-refractivity contribution in [2.24, 2.45) is 5.73 Å². The minimum Gasteiger partial charge on any atom is -0.322 e. The molecule has 2 aromatic rings. The van der Waals surface area contributed by atoms with Gasteiger partial charge >= 0.3 is 0 Å². The fourth-order valence-corrected chi connectivity index (χ4v) is 2.44. The van der Waals surface area contributed by atoms with E-state index in [1.54, 1.807) is 31.4 Å². The lowest BCUT2D eigenvalue weighted by atomic mass is 10.2. The number of carbonyl (C=O) groups excluding carboxylic acids is 1. The number of carbonyl (C=O) groups is 1. The summed E-state index contributed by atoms with van der Waals surface area (Å²) in [7, 11) is 0. The number of aryl methyl sites for hydroxylation is 1. The van der Waals surface area contributed by atoms with E-state index in [1.807, 2.05) is 0 Å². The first-order chi connectivity index (χ1) is 9.88. The normalized spacial score (nSPS) is 12.0. The van der Waals surface area contributed by atoms with E-state index < -0.39 is 10.8 Å². The third-order valence-electron chi connectivity index (χ3n) is 2.81. The molecule has 110 valence electrons. The van der Waals surface area contributed by atoms with E-state index in [0.29, 0.717) is 16.3 Å². The van der Waals surface area contributed by atoms with Gasteiger partial charge in [0.15, 0.2) is 0 Å². The molecule has 21 heavy (non-hydrogen) atoms. The molecule has 0 aliphatic carbocycles. The summed E-state index contributed by atoms with van der Waals surface area (Å²) in [4.78, 5) is 26.6. The Morgan fingerprint density at radius 3 is 2.81 bits per heavy atom. The van der Waals surface area contributed by atoms with Crippen LogP contribution >= 0.6 is 11.3 Å². The van der Waals surface area contributed by atoms with E-state index in [1.165, 1.54) is 17.4 Å². The third kappa shape index (κ3) is 3.41. The largest absolute Gasteiger partial charge is 0.322 e. The summed E-state index contributed by atoms with van der Waals surface area (Å²) in [6.07, 6.45) is 0. The van der Waals surface area contributed by atoms with Crippen molar-refractivity contribution in [2.45, 2.75) is 19.9 Å². The third-order valence-corrected chi connectivity index (χ3v) is 3.85. The standard InChI is InChI=1S/C13H14N4O3S/c1-7-3-4-9(5-11(7)17(19)20)15-12(18)10-6-21-13(16-10)8(2)14/h3-6,8H,14H2,1-2H3,(H,15,18). The molecule has 1 aromatic heterocycles. The first-order valence-electron chi connectivity index (χ1n) is 6.16. The number of aromatic nitrogens is 1. The fourth-order valence-electron chi connectivity index (χ4n) is 1.68. The van der Waals surface area contributed by atoms with Crippen LogP contribution in [0.1, 0.15) is 34.0 Å². The average Bonchev–Trinajstić information content (AvgIpc) is 2.90. The van der Waals surface area contributed by atoms with Crippen LogP contribution in [-0.2, 0) is 0 Å². The predicted octanol–water partition coefficient (Wildman–Crippen LogP) is 2.63. The number of nitro groups is 1. The molecule has 0 saturated heterocycles. The molecule has 0 spiro atoms. The lowest BCUT2D eigenvalue weighted by Crippen LogP contribution is -2.13. The minimum absolute atomic E-state index is 0.0395. The molecule has 1 aromatic carbocycles. The zero-order valence-electron chi connectivity index (χ0n) is 11.5. The van der Waals surface area contributed by atoms with E-state index in [4.69, 9.17) is 5.73 Å². The molecule has 0 saturated carbocycles. The molecular weight excluding hydrogens is 292 g/mol. The van der Waals surface area contributed by atoms with Gasteiger partial charge in [-0.25, -0.2) is 4.98 Å². The molecule has 1 heterocycles. The quantitative estimate of drug-likeness (QED) is 0.666. The SMILES string of the molecule is Cc1ccc(NC(=O)c2csc(C(C)N)n2)cc1[N+](=O)[O-]. The van der Waals surface area contributed by atoms with Crippen molar-refractivity contribution in [1.82, 2.24) is 4.98 Å². The van der Waals surface area contributed by atoms with Gasteiger partial charge in [0, 0.05) is 22.7 Å². The highest BCUT2D eigenvalue weighted by Crippen LogP contribution is 2.23. The topological polar surface area (TPSA) is 111 Å². The molecule has 3 N–H and O–H groups in total. The van der Waals surface area contributed by atoms with E-state index in [-0.39, 0.29) is 17.4 Å². The highest BCUT2D eigenvalue weighted by atomic mass is 32.1. The number of nitro benzene ring substituents is 1. The van der Waals surface area contributed by atoms with Crippen molar-refractivity contribution in [3.63, 3.8) is 0 Å². The molecule has 7 nitrogen and oxygen atoms in total. The van der Waals surface area contributed by atoms with Crippen LogP contribution in [-0.4, -0.2) is 15.8 Å². The number of benzene rings is 1. The monoisotopic (exact) mass is 306 g/mol. The lowest BCUT2D eigenvalue weighted by Gasteiger charge is -2.04. The van der Waals surface area contributed by atoms with Gasteiger partial charge in [-0.3, -0.25) is 14.9 Å². The molecule has 2 rings (SSSR count). The summed E-state index contributed by atoms with van der Waals surface area (Å²) in [6.45, 7) is 3.42. The van der Waals surface area contributed by atoms with Gasteiger partial charge in [-0.1, -0.05) is 6.07 Å². The van der Waals surface area contributed by atoms with Crippen molar-refractivity contribution in [3.8, 4) is 0 Å². The smallest absolute Gasteiger partial charge is 0.275 e. The number of amides is 1. The van der Waals surface area contributed by atoms with Crippen molar-refractivity contribution in [2.75, 3.05) is 5.32 Å². The van der Waals surface area contributed by atoms with Crippen molar-refractivity contribution in [3.05, 3.63) is 50.0 Å². The second-order valence-corrected chi connectivity index (χ2v) is 5.46. The summed E-state index contributed by atoms with van der Waals surface area (Å²) in [6, 6.07) is 4.28. The summed E-state index contributed by atoms with van der Waals surface area (Å²) in [5, 5.41) is 15.7. The van der Waals surface area contributed by atoms with Crippen LogP contribution in [0, 0.1) is 17.0 Å². The Morgan fingerprint density at radius 1 is 1.52 bits per heavy atom. The van der Waals surface area contributed by atoms with Crippen LogP contribution in [0.25, 0.3) is 0 Å². The molecule has 1 unspecified atom stereocenters. The molecular formula is C13H14N4O3S. The summed E-state index contributed by atoms with van der Waals surface area (Å²) in [5.41, 5.74) is 6.78. The maximum Gasteiger partial charge on any atom is 0.275 e. The van der Waals surface area contributed by atoms with Gasteiger partial charge in [-0.05, 0) is 19.9 Å². The van der Waals surface area contributed by atoms with Crippen molar-refractivity contribution < 1.29 is 9.72 Å². The maximum absolute atomic E-state index is 12.0. The molecule has 8 heteroatoms. The number of nitrogens with zero attached hydrogens (tertiary/aromatic N) is 2.